The number of rotatable bonds is 10. The fraction of sp³-hybridized carbons (Fsp3) is 0.353. The fourth-order valence-electron chi connectivity index (χ4n) is 6.01. The highest BCUT2D eigenvalue weighted by Crippen LogP contribution is 2.32. The minimum absolute atomic E-state index is 0.0203. The fourth-order valence-corrected chi connectivity index (χ4v) is 8.34. The number of nitrogens with one attached hydrogen (secondary N) is 6. The molecule has 0 unspecified atom stereocenters. The molecule has 3 fully saturated rings. The van der Waals surface area contributed by atoms with Gasteiger partial charge in [-0.05, 0) is 73.2 Å². The van der Waals surface area contributed by atoms with Crippen LogP contribution in [0.2, 0.25) is 0 Å². The van der Waals surface area contributed by atoms with E-state index < -0.39 is 32.2 Å². The standard InChI is InChI=1S/C17H24N4O5S.C17H18N4O5S/c2*22-15-10-12(6-7-14(15)21-11-16(23)20-27(21,25)26)8-9-18-17(24)19-13-4-2-1-3-5-13/h6-7,10,13,22H,1-5,8-9,11H2,(H,20,23)(H2,18,19,24);1-7,10,22H,8-9,11H2,(H,20,23)(H2,18,19,24). The van der Waals surface area contributed by atoms with E-state index in [1.807, 2.05) is 27.6 Å². The van der Waals surface area contributed by atoms with Crippen molar-refractivity contribution in [3.05, 3.63) is 77.9 Å². The van der Waals surface area contributed by atoms with Gasteiger partial charge in [0.1, 0.15) is 24.6 Å². The van der Waals surface area contributed by atoms with Gasteiger partial charge in [0.05, 0.1) is 11.4 Å². The summed E-state index contributed by atoms with van der Waals surface area (Å²) in [6, 6.07) is 17.7. The summed E-state index contributed by atoms with van der Waals surface area (Å²) >= 11 is 0. The molecule has 3 aromatic carbocycles. The highest BCUT2D eigenvalue weighted by molar-refractivity contribution is 7.92. The largest absolute Gasteiger partial charge is 0.506 e. The number of nitrogens with zero attached hydrogens (tertiary/aromatic N) is 2. The van der Waals surface area contributed by atoms with Gasteiger partial charge in [0.2, 0.25) is 0 Å². The van der Waals surface area contributed by atoms with E-state index in [-0.39, 0.29) is 54.1 Å². The maximum absolute atomic E-state index is 11.9. The molecule has 2 heterocycles. The lowest BCUT2D eigenvalue weighted by molar-refractivity contribution is -0.118. The van der Waals surface area contributed by atoms with Gasteiger partial charge < -0.3 is 31.5 Å². The number of anilines is 3. The summed E-state index contributed by atoms with van der Waals surface area (Å²) in [5.41, 5.74) is 2.18. The molecule has 6 amide bonds. The van der Waals surface area contributed by atoms with Crippen molar-refractivity contribution in [3.8, 4) is 11.5 Å². The average Bonchev–Trinajstić information content (AvgIpc) is 3.55. The van der Waals surface area contributed by atoms with Gasteiger partial charge in [0.15, 0.2) is 0 Å². The Kier molecular flexibility index (Phi) is 12.7. The molecule has 0 aromatic heterocycles. The smallest absolute Gasteiger partial charge is 0.326 e. The Hall–Kier alpha value is -5.76. The number of hydrogen-bond acceptors (Lipinski definition) is 10. The van der Waals surface area contributed by atoms with Crippen molar-refractivity contribution in [2.24, 2.45) is 0 Å². The van der Waals surface area contributed by atoms with Crippen LogP contribution in [0.1, 0.15) is 43.2 Å². The summed E-state index contributed by atoms with van der Waals surface area (Å²) in [6.45, 7) is -0.0342. The Morgan fingerprint density at radius 3 is 1.61 bits per heavy atom. The summed E-state index contributed by atoms with van der Waals surface area (Å²) in [4.78, 5) is 46.3. The molecule has 0 spiro atoms. The van der Waals surface area contributed by atoms with Crippen molar-refractivity contribution in [3.63, 3.8) is 0 Å². The van der Waals surface area contributed by atoms with Gasteiger partial charge in [0.25, 0.3) is 11.8 Å². The van der Waals surface area contributed by atoms with Crippen molar-refractivity contribution in [1.29, 1.82) is 0 Å². The highest BCUT2D eigenvalue weighted by atomic mass is 32.2. The van der Waals surface area contributed by atoms with Crippen molar-refractivity contribution in [1.82, 2.24) is 25.4 Å². The molecular weight excluding hydrogens is 745 g/mol. The molecule has 2 aliphatic heterocycles. The van der Waals surface area contributed by atoms with Crippen LogP contribution in [-0.4, -0.2) is 83.1 Å². The maximum atomic E-state index is 11.9. The summed E-state index contributed by atoms with van der Waals surface area (Å²) in [7, 11) is -7.93. The third-order valence-corrected chi connectivity index (χ3v) is 11.4. The number of benzene rings is 3. The first-order valence-corrected chi connectivity index (χ1v) is 20.0. The minimum Gasteiger partial charge on any atom is -0.506 e. The lowest BCUT2D eigenvalue weighted by Crippen LogP contribution is -2.43. The normalized spacial score (nSPS) is 17.4. The van der Waals surface area contributed by atoms with E-state index in [9.17, 15) is 46.2 Å². The van der Waals surface area contributed by atoms with Crippen LogP contribution in [0.5, 0.6) is 11.5 Å². The summed E-state index contributed by atoms with van der Waals surface area (Å²) in [5.74, 6) is -1.81. The number of phenolic OH excluding ortho intramolecular Hbond substituents is 2. The molecule has 3 aliphatic rings. The lowest BCUT2D eigenvalue weighted by atomic mass is 9.96. The van der Waals surface area contributed by atoms with Crippen LogP contribution >= 0.6 is 0 Å². The quantitative estimate of drug-likeness (QED) is 0.148. The zero-order valence-corrected chi connectivity index (χ0v) is 30.7. The molecule has 0 radical (unpaired) electrons. The Morgan fingerprint density at radius 1 is 0.685 bits per heavy atom. The van der Waals surface area contributed by atoms with Crippen LogP contribution in [-0.2, 0) is 42.8 Å². The van der Waals surface area contributed by atoms with Crippen LogP contribution in [0.25, 0.3) is 0 Å². The zero-order chi connectivity index (χ0) is 38.9. The van der Waals surface area contributed by atoms with Crippen molar-refractivity contribution >= 4 is 61.4 Å². The molecule has 1 aliphatic carbocycles. The van der Waals surface area contributed by atoms with Crippen molar-refractivity contribution in [2.75, 3.05) is 40.1 Å². The van der Waals surface area contributed by atoms with Gasteiger partial charge in [-0.25, -0.2) is 27.6 Å². The lowest BCUT2D eigenvalue weighted by Gasteiger charge is -2.22. The van der Waals surface area contributed by atoms with E-state index in [2.05, 4.69) is 21.3 Å². The topological polar surface area (TPSA) is 256 Å². The number of carbonyl (C=O) groups excluding carboxylic acids is 4. The highest BCUT2D eigenvalue weighted by Gasteiger charge is 2.36. The van der Waals surface area contributed by atoms with Crippen LogP contribution in [0.4, 0.5) is 26.7 Å². The molecule has 3 aromatic rings. The number of phenols is 2. The summed E-state index contributed by atoms with van der Waals surface area (Å²) in [5, 5.41) is 31.4. The molecule has 18 nitrogen and oxygen atoms in total. The predicted molar refractivity (Wildman–Crippen MR) is 199 cm³/mol. The first-order chi connectivity index (χ1) is 25.7. The van der Waals surface area contributed by atoms with E-state index in [4.69, 9.17) is 0 Å². The Bertz CT molecular complexity index is 2080. The molecular formula is C34H42N8O10S2. The van der Waals surface area contributed by atoms with Crippen molar-refractivity contribution in [2.45, 2.75) is 51.0 Å². The average molecular weight is 787 g/mol. The van der Waals surface area contributed by atoms with Crippen LogP contribution < -0.4 is 39.3 Å². The van der Waals surface area contributed by atoms with E-state index >= 15 is 0 Å². The third kappa shape index (κ3) is 10.7. The van der Waals surface area contributed by atoms with Gasteiger partial charge in [-0.2, -0.15) is 16.8 Å². The second kappa shape index (κ2) is 17.4. The molecule has 0 bridgehead atoms. The second-order valence-electron chi connectivity index (χ2n) is 12.7. The Balaban J connectivity index is 0.000000208. The van der Waals surface area contributed by atoms with Gasteiger partial charge in [-0.3, -0.25) is 9.59 Å². The van der Waals surface area contributed by atoms with Gasteiger partial charge >= 0.3 is 32.5 Å². The van der Waals surface area contributed by atoms with E-state index in [1.54, 1.807) is 24.3 Å². The van der Waals surface area contributed by atoms with Crippen LogP contribution in [0, 0.1) is 0 Å². The van der Waals surface area contributed by atoms with Crippen LogP contribution in [0.15, 0.2) is 66.7 Å². The number of urea groups is 2. The SMILES string of the molecule is O=C1CN(c2ccc(CCNC(=O)NC3CCCCC3)cc2O)S(=O)(=O)N1.O=C1CN(c2ccc(CCNC(=O)Nc3ccccc3)cc2O)S(=O)(=O)N1. The number of carbonyl (C=O) groups is 4. The van der Waals surface area contributed by atoms with E-state index in [0.29, 0.717) is 37.2 Å². The zero-order valence-electron chi connectivity index (χ0n) is 29.1. The molecule has 6 rings (SSSR count). The number of aromatic hydroxyl groups is 2. The number of amides is 6. The van der Waals surface area contributed by atoms with Crippen LogP contribution in [0.3, 0.4) is 0 Å². The molecule has 2 saturated heterocycles. The van der Waals surface area contributed by atoms with Gasteiger partial charge in [-0.15, -0.1) is 0 Å². The molecule has 1 saturated carbocycles. The number of para-hydroxylation sites is 1. The van der Waals surface area contributed by atoms with Gasteiger partial charge in [0, 0.05) is 24.8 Å². The molecule has 290 valence electrons. The molecule has 0 atom stereocenters. The Morgan fingerprint density at radius 2 is 1.17 bits per heavy atom. The van der Waals surface area contributed by atoms with Gasteiger partial charge in [-0.1, -0.05) is 49.6 Å². The molecule has 8 N–H and O–H groups in total. The number of hydrogen-bond donors (Lipinski definition) is 8. The van der Waals surface area contributed by atoms with E-state index in [1.165, 1.54) is 30.7 Å². The minimum atomic E-state index is -3.97. The predicted octanol–water partition coefficient (Wildman–Crippen LogP) is 1.69. The molecule has 54 heavy (non-hydrogen) atoms. The Labute approximate surface area is 312 Å². The monoisotopic (exact) mass is 786 g/mol. The maximum Gasteiger partial charge on any atom is 0.326 e. The first-order valence-electron chi connectivity index (χ1n) is 17.1. The summed E-state index contributed by atoms with van der Waals surface area (Å²) in [6.07, 6.45) is 6.45. The van der Waals surface area contributed by atoms with Crippen molar-refractivity contribution < 1.29 is 46.2 Å². The summed E-state index contributed by atoms with van der Waals surface area (Å²) < 4.78 is 52.7. The second-order valence-corrected chi connectivity index (χ2v) is 15.9. The first kappa shape index (κ1) is 39.4. The van der Waals surface area contributed by atoms with E-state index in [0.717, 1.165) is 39.9 Å². The third-order valence-electron chi connectivity index (χ3n) is 8.63. The molecule has 20 heteroatoms.